The summed E-state index contributed by atoms with van der Waals surface area (Å²) in [5, 5.41) is 8.01. The Morgan fingerprint density at radius 1 is 0.882 bits per heavy atom. The Hall–Kier alpha value is -4.07. The molecule has 0 fully saturated rings. The van der Waals surface area contributed by atoms with Gasteiger partial charge < -0.3 is 15.6 Å². The fraction of sp³-hybridized carbons (Fsp3) is 0.154. The van der Waals surface area contributed by atoms with E-state index in [-0.39, 0.29) is 23.5 Å². The standard InChI is InChI=1S/C26H20F3N3O2/c27-26(28,29)19-7-3-1-5-17(19)16-11-9-15(10-12-16)13-31-22-23(25(34)24(22)33)32-21-14-30-20-8-4-2-6-18(20)21/h1,3,5-12,14,30-32H,2,4,13H2. The number of aromatic nitrogens is 1. The molecule has 172 valence electrons. The summed E-state index contributed by atoms with van der Waals surface area (Å²) in [7, 11) is 0. The Kier molecular flexibility index (Phi) is 5.36. The summed E-state index contributed by atoms with van der Waals surface area (Å²) < 4.78 is 39.9. The predicted molar refractivity (Wildman–Crippen MR) is 127 cm³/mol. The summed E-state index contributed by atoms with van der Waals surface area (Å²) in [5.74, 6) is 0. The summed E-state index contributed by atoms with van der Waals surface area (Å²) >= 11 is 0. The number of fused-ring (bicyclic) bond motifs is 1. The first-order valence-corrected chi connectivity index (χ1v) is 10.8. The lowest BCUT2D eigenvalue weighted by atomic mass is 9.98. The number of halogens is 3. The van der Waals surface area contributed by atoms with Crippen LogP contribution in [0.25, 0.3) is 23.3 Å². The van der Waals surface area contributed by atoms with Crippen molar-refractivity contribution in [1.29, 1.82) is 0 Å². The van der Waals surface area contributed by atoms with Crippen LogP contribution < -0.4 is 32.1 Å². The summed E-state index contributed by atoms with van der Waals surface area (Å²) in [6.07, 6.45) is 3.32. The normalized spacial score (nSPS) is 13.1. The van der Waals surface area contributed by atoms with Gasteiger partial charge in [-0.1, -0.05) is 54.6 Å². The molecule has 3 aromatic carbocycles. The topological polar surface area (TPSA) is 74.0 Å². The van der Waals surface area contributed by atoms with E-state index in [0.717, 1.165) is 40.7 Å². The van der Waals surface area contributed by atoms with Crippen molar-refractivity contribution >= 4 is 29.2 Å². The summed E-state index contributed by atoms with van der Waals surface area (Å²) in [5.41, 5.74) is 0.568. The number of benzene rings is 2. The molecular formula is C26H20F3N3O2. The van der Waals surface area contributed by atoms with Crippen molar-refractivity contribution in [3.8, 4) is 11.1 Å². The van der Waals surface area contributed by atoms with E-state index in [2.05, 4.69) is 27.8 Å². The zero-order valence-electron chi connectivity index (χ0n) is 17.9. The van der Waals surface area contributed by atoms with Gasteiger partial charge in [0, 0.05) is 23.3 Å². The maximum atomic E-state index is 13.3. The number of hydrogen-bond acceptors (Lipinski definition) is 4. The Morgan fingerprint density at radius 3 is 2.35 bits per heavy atom. The van der Waals surface area contributed by atoms with Crippen molar-refractivity contribution in [3.63, 3.8) is 0 Å². The third-order valence-corrected chi connectivity index (χ3v) is 5.95. The Labute approximate surface area is 192 Å². The maximum absolute atomic E-state index is 13.3. The Morgan fingerprint density at radius 2 is 1.59 bits per heavy atom. The number of alkyl halides is 3. The summed E-state index contributed by atoms with van der Waals surface area (Å²) in [6, 6.07) is 12.0. The average Bonchev–Trinajstić information content (AvgIpc) is 3.26. The molecule has 1 heterocycles. The summed E-state index contributed by atoms with van der Waals surface area (Å²) in [4.78, 5) is 27.5. The molecule has 4 aromatic rings. The van der Waals surface area contributed by atoms with E-state index in [4.69, 9.17) is 0 Å². The molecule has 34 heavy (non-hydrogen) atoms. The number of rotatable bonds is 6. The molecule has 0 spiro atoms. The van der Waals surface area contributed by atoms with Crippen molar-refractivity contribution in [2.45, 2.75) is 25.6 Å². The fourth-order valence-corrected chi connectivity index (χ4v) is 4.19. The van der Waals surface area contributed by atoms with Crippen LogP contribution in [0.2, 0.25) is 0 Å². The number of H-pyrrole nitrogens is 1. The minimum absolute atomic E-state index is 0.104. The van der Waals surface area contributed by atoms with Gasteiger partial charge in [-0.15, -0.1) is 0 Å². The van der Waals surface area contributed by atoms with E-state index >= 15 is 0 Å². The molecule has 1 aliphatic rings. The van der Waals surface area contributed by atoms with E-state index in [0.29, 0.717) is 5.56 Å². The zero-order chi connectivity index (χ0) is 23.9. The molecule has 1 aromatic heterocycles. The van der Waals surface area contributed by atoms with Crippen LogP contribution in [0.15, 0.2) is 64.3 Å². The molecule has 8 heteroatoms. The van der Waals surface area contributed by atoms with E-state index in [9.17, 15) is 22.8 Å². The van der Waals surface area contributed by atoms with Gasteiger partial charge in [0.05, 0.1) is 11.3 Å². The average molecular weight is 463 g/mol. The van der Waals surface area contributed by atoms with Gasteiger partial charge in [-0.05, 0) is 35.6 Å². The highest BCUT2D eigenvalue weighted by Crippen LogP contribution is 2.36. The van der Waals surface area contributed by atoms with E-state index in [1.54, 1.807) is 36.5 Å². The van der Waals surface area contributed by atoms with E-state index in [1.165, 1.54) is 12.1 Å². The van der Waals surface area contributed by atoms with Crippen LogP contribution in [0.3, 0.4) is 0 Å². The van der Waals surface area contributed by atoms with Crippen LogP contribution in [0.4, 0.5) is 30.2 Å². The van der Waals surface area contributed by atoms with Gasteiger partial charge in [0.1, 0.15) is 11.4 Å². The van der Waals surface area contributed by atoms with Crippen LogP contribution in [-0.2, 0) is 12.7 Å². The SMILES string of the molecule is O=c1c(NCc2ccc(-c3ccccc3C(F)(F)F)cc2)c(Nc2c[nH]c3c2=CCCC=3)c1=O. The molecule has 5 nitrogen and oxygen atoms in total. The highest BCUT2D eigenvalue weighted by molar-refractivity contribution is 5.79. The van der Waals surface area contributed by atoms with Gasteiger partial charge in [-0.25, -0.2) is 0 Å². The zero-order valence-corrected chi connectivity index (χ0v) is 17.9. The molecule has 0 saturated heterocycles. The van der Waals surface area contributed by atoms with Crippen molar-refractivity contribution in [2.75, 3.05) is 10.6 Å². The molecule has 0 bridgehead atoms. The van der Waals surface area contributed by atoms with Crippen LogP contribution in [0.5, 0.6) is 0 Å². The fourth-order valence-electron chi connectivity index (χ4n) is 4.19. The van der Waals surface area contributed by atoms with Crippen molar-refractivity contribution < 1.29 is 13.2 Å². The number of nitrogens with one attached hydrogen (secondary N) is 3. The second kappa shape index (κ2) is 8.37. The molecule has 0 saturated carbocycles. The number of anilines is 3. The second-order valence-corrected chi connectivity index (χ2v) is 8.14. The lowest BCUT2D eigenvalue weighted by Gasteiger charge is -2.15. The molecular weight excluding hydrogens is 443 g/mol. The molecule has 0 radical (unpaired) electrons. The van der Waals surface area contributed by atoms with Gasteiger partial charge in [0.15, 0.2) is 0 Å². The van der Waals surface area contributed by atoms with Gasteiger partial charge in [0.2, 0.25) is 0 Å². The van der Waals surface area contributed by atoms with Crippen LogP contribution >= 0.6 is 0 Å². The van der Waals surface area contributed by atoms with Crippen LogP contribution in [-0.4, -0.2) is 4.98 Å². The largest absolute Gasteiger partial charge is 0.417 e. The molecule has 0 amide bonds. The molecule has 1 aliphatic carbocycles. The monoisotopic (exact) mass is 463 g/mol. The quantitative estimate of drug-likeness (QED) is 0.378. The highest BCUT2D eigenvalue weighted by atomic mass is 19.4. The predicted octanol–water partition coefficient (Wildman–Crippen LogP) is 4.01. The minimum atomic E-state index is -4.45. The number of hydrogen-bond donors (Lipinski definition) is 3. The highest BCUT2D eigenvalue weighted by Gasteiger charge is 2.33. The maximum Gasteiger partial charge on any atom is 0.417 e. The first-order valence-electron chi connectivity index (χ1n) is 10.8. The lowest BCUT2D eigenvalue weighted by molar-refractivity contribution is -0.137. The third kappa shape index (κ3) is 3.91. The second-order valence-electron chi connectivity index (χ2n) is 8.14. The first kappa shape index (κ1) is 21.8. The van der Waals surface area contributed by atoms with E-state index in [1.807, 2.05) is 0 Å². The van der Waals surface area contributed by atoms with Crippen molar-refractivity contribution in [1.82, 2.24) is 4.98 Å². The molecule has 5 rings (SSSR count). The molecule has 0 aliphatic heterocycles. The smallest absolute Gasteiger partial charge is 0.376 e. The third-order valence-electron chi connectivity index (χ3n) is 5.95. The van der Waals surface area contributed by atoms with Gasteiger partial charge in [-0.3, -0.25) is 9.59 Å². The van der Waals surface area contributed by atoms with Crippen molar-refractivity contribution in [2.24, 2.45) is 0 Å². The minimum Gasteiger partial charge on any atom is -0.376 e. The molecule has 3 N–H and O–H groups in total. The Balaban J connectivity index is 1.33. The van der Waals surface area contributed by atoms with Crippen LogP contribution in [0, 0.1) is 0 Å². The lowest BCUT2D eigenvalue weighted by Crippen LogP contribution is -2.37. The first-order chi connectivity index (χ1) is 16.3. The van der Waals surface area contributed by atoms with Gasteiger partial charge in [-0.2, -0.15) is 13.2 Å². The Bertz CT molecular complexity index is 1560. The van der Waals surface area contributed by atoms with Crippen LogP contribution in [0.1, 0.15) is 24.0 Å². The molecule has 0 atom stereocenters. The number of aromatic amines is 1. The summed E-state index contributed by atoms with van der Waals surface area (Å²) in [6.45, 7) is 0.242. The van der Waals surface area contributed by atoms with E-state index < -0.39 is 22.6 Å². The van der Waals surface area contributed by atoms with Gasteiger partial charge in [0.25, 0.3) is 10.9 Å². The van der Waals surface area contributed by atoms with Gasteiger partial charge >= 0.3 is 6.18 Å². The van der Waals surface area contributed by atoms with Crippen molar-refractivity contribution in [3.05, 3.63) is 96.9 Å². The molecule has 0 unspecified atom stereocenters.